The first-order chi connectivity index (χ1) is 20.3. The number of nitrogens with two attached hydrogens (primary N) is 1. The Labute approximate surface area is 263 Å². The maximum atomic E-state index is 12.2. The van der Waals surface area contributed by atoms with Crippen molar-refractivity contribution >= 4 is 51.8 Å². The molecule has 2 aromatic rings. The number of likely N-dealkylation sites (tertiary alicyclic amines) is 1. The molecule has 1 fully saturated rings. The number of fused-ring (bicyclic) bond motifs is 1. The number of aromatic nitrogens is 1. The van der Waals surface area contributed by atoms with E-state index in [1.807, 2.05) is 32.0 Å². The molecule has 4 N–H and O–H groups in total. The molecule has 2 heterocycles. The minimum atomic E-state index is 0.0245. The molecule has 10 heteroatoms. The van der Waals surface area contributed by atoms with E-state index in [2.05, 4.69) is 60.0 Å². The average molecular weight is 624 g/mol. The molecule has 0 aliphatic carbocycles. The second-order valence-electron chi connectivity index (χ2n) is 9.44. The van der Waals surface area contributed by atoms with Gasteiger partial charge >= 0.3 is 0 Å². The average Bonchev–Trinajstić information content (AvgIpc) is 3.68. The second kappa shape index (κ2) is 28.4. The molecule has 0 saturated carbocycles. The van der Waals surface area contributed by atoms with Crippen molar-refractivity contribution < 1.29 is 14.4 Å². The molecule has 1 aliphatic heterocycles. The van der Waals surface area contributed by atoms with Crippen molar-refractivity contribution in [3.63, 3.8) is 0 Å². The van der Waals surface area contributed by atoms with Gasteiger partial charge in [0.25, 0.3) is 0 Å². The van der Waals surface area contributed by atoms with Crippen LogP contribution < -0.4 is 16.4 Å². The number of nitrogens with zero attached hydrogens (tertiary/aromatic N) is 2. The molecule has 0 radical (unpaired) electrons. The number of hydrogen-bond donors (Lipinski definition) is 3. The lowest BCUT2D eigenvalue weighted by atomic mass is 9.99. The number of nitrogens with one attached hydrogen (secondary N) is 2. The van der Waals surface area contributed by atoms with Gasteiger partial charge in [-0.3, -0.25) is 9.59 Å². The first-order valence-electron chi connectivity index (χ1n) is 15.1. The van der Waals surface area contributed by atoms with Crippen molar-refractivity contribution in [2.75, 3.05) is 26.2 Å². The van der Waals surface area contributed by atoms with Crippen molar-refractivity contribution in [2.24, 2.45) is 11.7 Å². The lowest BCUT2D eigenvalue weighted by Crippen LogP contribution is -2.45. The normalized spacial score (nSPS) is 13.1. The Morgan fingerprint density at radius 1 is 1.21 bits per heavy atom. The number of unbranched alkanes of at least 4 members (excludes halogenated alkanes) is 1. The van der Waals surface area contributed by atoms with Gasteiger partial charge in [0.05, 0.1) is 15.2 Å². The molecular weight excluding hydrogens is 570 g/mol. The number of rotatable bonds is 12. The number of terminal acetylenes is 1. The molecule has 8 nitrogen and oxygen atoms in total. The quantitative estimate of drug-likeness (QED) is 0.147. The van der Waals surface area contributed by atoms with Crippen LogP contribution in [0.5, 0.6) is 0 Å². The third-order valence-corrected chi connectivity index (χ3v) is 7.64. The van der Waals surface area contributed by atoms with Crippen molar-refractivity contribution in [1.29, 1.82) is 0 Å². The third-order valence-electron chi connectivity index (χ3n) is 6.32. The van der Waals surface area contributed by atoms with Gasteiger partial charge in [0.1, 0.15) is 6.29 Å². The number of amides is 2. The molecule has 1 aromatic heterocycles. The zero-order valence-corrected chi connectivity index (χ0v) is 28.2. The number of carbonyl (C=O) groups excluding carboxylic acids is 3. The van der Waals surface area contributed by atoms with Gasteiger partial charge in [0.15, 0.2) is 0 Å². The summed E-state index contributed by atoms with van der Waals surface area (Å²) < 4.78 is 1.05. The first-order valence-corrected chi connectivity index (χ1v) is 16.3. The number of hydrogen-bond acceptors (Lipinski definition) is 7. The fourth-order valence-corrected chi connectivity index (χ4v) is 4.88. The molecule has 42 heavy (non-hydrogen) atoms. The molecule has 2 amide bonds. The van der Waals surface area contributed by atoms with Crippen LogP contribution in [-0.4, -0.2) is 60.7 Å². The number of carbonyl (C=O) groups is 3. The van der Waals surface area contributed by atoms with E-state index in [4.69, 9.17) is 22.8 Å². The van der Waals surface area contributed by atoms with E-state index in [1.54, 1.807) is 11.3 Å². The summed E-state index contributed by atoms with van der Waals surface area (Å²) in [6.45, 7) is 16.5. The Bertz CT molecular complexity index is 1000. The van der Waals surface area contributed by atoms with E-state index in [1.165, 1.54) is 38.8 Å². The van der Waals surface area contributed by atoms with Crippen LogP contribution in [0.15, 0.2) is 18.2 Å². The molecule has 0 spiro atoms. The van der Waals surface area contributed by atoms with E-state index in [-0.39, 0.29) is 18.4 Å². The van der Waals surface area contributed by atoms with Crippen LogP contribution in [0, 0.1) is 18.4 Å². The first kappa shape index (κ1) is 41.5. The molecule has 1 saturated heterocycles. The summed E-state index contributed by atoms with van der Waals surface area (Å²) >= 11 is 7.58. The summed E-state index contributed by atoms with van der Waals surface area (Å²) in [5.41, 5.74) is 5.09. The van der Waals surface area contributed by atoms with Crippen LogP contribution in [0.3, 0.4) is 0 Å². The molecule has 238 valence electrons. The number of halogens is 1. The summed E-state index contributed by atoms with van der Waals surface area (Å²) in [6, 6.07) is 8.08. The highest BCUT2D eigenvalue weighted by atomic mass is 35.5. The highest BCUT2D eigenvalue weighted by Gasteiger charge is 2.18. The van der Waals surface area contributed by atoms with Gasteiger partial charge in [-0.1, -0.05) is 78.8 Å². The minimum absolute atomic E-state index is 0.0245. The number of benzene rings is 1. The zero-order valence-electron chi connectivity index (χ0n) is 26.6. The van der Waals surface area contributed by atoms with Crippen molar-refractivity contribution in [3.8, 4) is 12.5 Å². The summed E-state index contributed by atoms with van der Waals surface area (Å²) in [7, 11) is 0. The lowest BCUT2D eigenvalue weighted by Gasteiger charge is -2.23. The smallest absolute Gasteiger partial charge is 0.220 e. The third kappa shape index (κ3) is 20.2. The molecule has 2 atom stereocenters. The minimum Gasteiger partial charge on any atom is -0.372 e. The van der Waals surface area contributed by atoms with E-state index in [0.29, 0.717) is 36.7 Å². The zero-order chi connectivity index (χ0) is 32.2. The predicted molar refractivity (Wildman–Crippen MR) is 180 cm³/mol. The van der Waals surface area contributed by atoms with E-state index in [0.717, 1.165) is 34.5 Å². The molecular formula is C32H54ClN5O3S. The second-order valence-corrected chi connectivity index (χ2v) is 11.0. The van der Waals surface area contributed by atoms with Gasteiger partial charge < -0.3 is 26.1 Å². The molecule has 1 aromatic carbocycles. The molecule has 1 aliphatic rings. The highest BCUT2D eigenvalue weighted by Crippen LogP contribution is 2.26. The van der Waals surface area contributed by atoms with Crippen molar-refractivity contribution in [1.82, 2.24) is 20.5 Å². The topological polar surface area (TPSA) is 117 Å². The number of aldehydes is 1. The van der Waals surface area contributed by atoms with Gasteiger partial charge in [0.2, 0.25) is 12.3 Å². The van der Waals surface area contributed by atoms with Crippen LogP contribution in [0.2, 0.25) is 5.02 Å². The van der Waals surface area contributed by atoms with Crippen molar-refractivity contribution in [3.05, 3.63) is 28.2 Å². The number of primary amides is 1. The monoisotopic (exact) mass is 623 g/mol. The van der Waals surface area contributed by atoms with Gasteiger partial charge in [-0.2, -0.15) is 0 Å². The Morgan fingerprint density at radius 2 is 1.83 bits per heavy atom. The number of thiazole rings is 1. The Morgan fingerprint density at radius 3 is 2.36 bits per heavy atom. The van der Waals surface area contributed by atoms with E-state index < -0.39 is 0 Å². The van der Waals surface area contributed by atoms with Gasteiger partial charge in [-0.05, 0) is 50.0 Å². The van der Waals surface area contributed by atoms with E-state index in [9.17, 15) is 9.59 Å². The molecule has 2 unspecified atom stereocenters. The molecule has 0 bridgehead atoms. The van der Waals surface area contributed by atoms with Crippen LogP contribution >= 0.6 is 22.9 Å². The Balaban J connectivity index is 0. The lowest BCUT2D eigenvalue weighted by molar-refractivity contribution is -0.122. The summed E-state index contributed by atoms with van der Waals surface area (Å²) in [5, 5.41) is 7.58. The largest absolute Gasteiger partial charge is 0.372 e. The van der Waals surface area contributed by atoms with Crippen LogP contribution in [0.4, 0.5) is 0 Å². The maximum Gasteiger partial charge on any atom is 0.220 e. The van der Waals surface area contributed by atoms with Crippen molar-refractivity contribution in [2.45, 2.75) is 99.0 Å². The SMILES string of the molecule is C#CNCC(NC(=O)CCc1nc2ccc(Cl)cc2s1)C(C)CC.CC.CCCC.NC=O.O=CCCN1CCCC1. The predicted octanol–water partition coefficient (Wildman–Crippen LogP) is 6.20. The van der Waals surface area contributed by atoms with Gasteiger partial charge in [-0.25, -0.2) is 4.98 Å². The number of aryl methyl sites for hydroxylation is 1. The van der Waals surface area contributed by atoms with E-state index >= 15 is 0 Å². The standard InChI is InChI=1S/C18H22ClN3OS.C7H13NO.C4H10.C2H6.CH3NO/c1-4-12(3)15(11-20-5-2)21-17(23)8-9-18-22-14-7-6-13(19)10-16(14)24-18;9-7-3-6-8-4-1-2-5-8;1-3-4-2;1-2;2-1-3/h2,6-7,10,12,15,20H,4,8-9,11H2,1,3H3,(H,21,23);7H,1-6H2;3-4H2,1-2H3;1-2H3;1H,(H2,2,3). The summed E-state index contributed by atoms with van der Waals surface area (Å²) in [6.07, 6.45) is 14.5. The fraction of sp³-hybridized carbons (Fsp3) is 0.625. The van der Waals surface area contributed by atoms with Gasteiger partial charge in [0, 0.05) is 49.5 Å². The van der Waals surface area contributed by atoms with Crippen LogP contribution in [0.25, 0.3) is 10.2 Å². The maximum absolute atomic E-state index is 12.2. The highest BCUT2D eigenvalue weighted by molar-refractivity contribution is 7.18. The van der Waals surface area contributed by atoms with Crippen LogP contribution in [0.1, 0.15) is 91.5 Å². The Kier molecular flexibility index (Phi) is 28.1. The van der Waals surface area contributed by atoms with Gasteiger partial charge in [-0.15, -0.1) is 11.3 Å². The summed E-state index contributed by atoms with van der Waals surface area (Å²) in [4.78, 5) is 37.7. The summed E-state index contributed by atoms with van der Waals surface area (Å²) in [5.74, 6) is 0.385. The molecule has 3 rings (SSSR count). The Hall–Kier alpha value is -2.67. The van der Waals surface area contributed by atoms with Crippen LogP contribution in [-0.2, 0) is 20.8 Å². The fourth-order valence-electron chi connectivity index (χ4n) is 3.64.